The van der Waals surface area contributed by atoms with E-state index in [1.54, 1.807) is 6.07 Å². The summed E-state index contributed by atoms with van der Waals surface area (Å²) in [6, 6.07) is 3.31. The van der Waals surface area contributed by atoms with Crippen molar-refractivity contribution >= 4 is 51.7 Å². The van der Waals surface area contributed by atoms with E-state index in [0.29, 0.717) is 17.5 Å². The smallest absolute Gasteiger partial charge is 0.346 e. The molecule has 4 rings (SSSR count). The number of aliphatic hydroxyl groups excluding tert-OH is 2. The zero-order chi connectivity index (χ0) is 37.2. The summed E-state index contributed by atoms with van der Waals surface area (Å²) in [6.45, 7) is 1.29. The molecule has 2 aliphatic rings. The highest BCUT2D eigenvalue weighted by Gasteiger charge is 2.47. The van der Waals surface area contributed by atoms with Crippen LogP contribution in [0.15, 0.2) is 12.3 Å². The van der Waals surface area contributed by atoms with E-state index in [-0.39, 0.29) is 41.7 Å². The number of aromatic nitrogens is 2. The van der Waals surface area contributed by atoms with E-state index in [0.717, 1.165) is 25.7 Å². The fourth-order valence-corrected chi connectivity index (χ4v) is 10.3. The van der Waals surface area contributed by atoms with Crippen LogP contribution >= 0.6 is 19.2 Å². The van der Waals surface area contributed by atoms with Gasteiger partial charge in [-0.25, -0.2) is 17.8 Å². The molecule has 0 bridgehead atoms. The summed E-state index contributed by atoms with van der Waals surface area (Å²) in [5.74, 6) is -1.58. The SMILES string of the molecule is CCCCCCCCCCCCCC(=O)OCOP(=O)(O)CS(=O)(=O)C[C@H]1O[C@@H](n2ccc3c(N[C@H]4C[C@@H](F)C4)c(C#N)c(Cl)nc32)[C@H](O)[C@@H]1O. The zero-order valence-electron chi connectivity index (χ0n) is 28.8. The van der Waals surface area contributed by atoms with E-state index in [1.807, 2.05) is 6.07 Å². The number of carbonyl (C=O) groups is 1. The maximum Gasteiger partial charge on any atom is 0.346 e. The predicted octanol–water partition coefficient (Wildman–Crippen LogP) is 5.87. The van der Waals surface area contributed by atoms with Gasteiger partial charge in [-0.1, -0.05) is 82.7 Å². The summed E-state index contributed by atoms with van der Waals surface area (Å²) in [5, 5.41) is 34.6. The number of nitriles is 1. The molecule has 4 N–H and O–H groups in total. The Labute approximate surface area is 303 Å². The fraction of sp³-hybridized carbons (Fsp3) is 0.727. The van der Waals surface area contributed by atoms with Gasteiger partial charge in [-0.2, -0.15) is 5.26 Å². The van der Waals surface area contributed by atoms with Gasteiger partial charge in [-0.15, -0.1) is 0 Å². The third kappa shape index (κ3) is 11.8. The predicted molar refractivity (Wildman–Crippen MR) is 189 cm³/mol. The van der Waals surface area contributed by atoms with Crippen molar-refractivity contribution in [3.63, 3.8) is 0 Å². The van der Waals surface area contributed by atoms with Crippen LogP contribution in [0.2, 0.25) is 5.15 Å². The standard InChI is InChI=1S/C33H49ClFN4O10PS/c1-2-3-4-5-6-7-8-9-10-11-12-13-27(40)47-20-48-50(43,44)21-51(45,46)19-26-29(41)30(42)33(49-26)39-15-14-24-28(37-23-16-22(35)17-23)25(18-36)31(34)38-32(24)39/h14-15,22-23,26,29-30,33,41-42H,2-13,16-17,19-21H2,1H3,(H,37,38)(H,43,44)/t22-,23+,26-,29-,30-,33-/m1/s1. The molecule has 1 saturated heterocycles. The van der Waals surface area contributed by atoms with Crippen LogP contribution in [0.4, 0.5) is 10.1 Å². The van der Waals surface area contributed by atoms with Crippen molar-refractivity contribution in [3.8, 4) is 6.07 Å². The van der Waals surface area contributed by atoms with Crippen molar-refractivity contribution in [3.05, 3.63) is 23.0 Å². The molecule has 5 atom stereocenters. The molecule has 1 aliphatic heterocycles. The maximum atomic E-state index is 13.5. The number of aliphatic hydroxyl groups is 2. The van der Waals surface area contributed by atoms with Crippen LogP contribution in [0.25, 0.3) is 11.0 Å². The Hall–Kier alpha value is -2.35. The first-order valence-electron chi connectivity index (χ1n) is 17.6. The monoisotopic (exact) mass is 778 g/mol. The topological polar surface area (TPSA) is 210 Å². The maximum absolute atomic E-state index is 13.5. The molecule has 0 aromatic carbocycles. The minimum absolute atomic E-state index is 0.0379. The number of esters is 1. The van der Waals surface area contributed by atoms with Gasteiger partial charge in [-0.3, -0.25) is 13.9 Å². The third-order valence-corrected chi connectivity index (χ3v) is 13.7. The number of pyridine rings is 1. The zero-order valence-corrected chi connectivity index (χ0v) is 31.3. The number of anilines is 1. The van der Waals surface area contributed by atoms with Crippen LogP contribution < -0.4 is 5.32 Å². The molecule has 0 spiro atoms. The number of nitrogens with zero attached hydrogens (tertiary/aromatic N) is 3. The fourth-order valence-electron chi connectivity index (χ4n) is 6.33. The van der Waals surface area contributed by atoms with Crippen molar-refractivity contribution < 1.29 is 51.3 Å². The van der Waals surface area contributed by atoms with Gasteiger partial charge in [0.05, 0.1) is 11.4 Å². The molecule has 14 nitrogen and oxygen atoms in total. The van der Waals surface area contributed by atoms with E-state index in [4.69, 9.17) is 25.6 Å². The molecular weight excluding hydrogens is 730 g/mol. The second-order valence-corrected chi connectivity index (χ2v) is 18.2. The number of nitrogens with one attached hydrogen (secondary N) is 1. The largest absolute Gasteiger partial charge is 0.438 e. The van der Waals surface area contributed by atoms with E-state index >= 15 is 0 Å². The second-order valence-electron chi connectivity index (χ2n) is 13.4. The lowest BCUT2D eigenvalue weighted by atomic mass is 9.90. The molecule has 1 aliphatic carbocycles. The van der Waals surface area contributed by atoms with Gasteiger partial charge in [0.1, 0.15) is 41.8 Å². The Morgan fingerprint density at radius 2 is 1.76 bits per heavy atom. The van der Waals surface area contributed by atoms with Crippen LogP contribution in [0, 0.1) is 11.3 Å². The van der Waals surface area contributed by atoms with Crippen molar-refractivity contribution in [1.82, 2.24) is 9.55 Å². The molecule has 0 amide bonds. The number of halogens is 2. The molecule has 286 valence electrons. The van der Waals surface area contributed by atoms with Gasteiger partial charge in [0.15, 0.2) is 26.7 Å². The number of rotatable bonds is 22. The van der Waals surface area contributed by atoms with Crippen LogP contribution in [-0.4, -0.2) is 87.6 Å². The summed E-state index contributed by atoms with van der Waals surface area (Å²) < 4.78 is 68.5. The van der Waals surface area contributed by atoms with E-state index < -0.39 is 72.2 Å². The quantitative estimate of drug-likeness (QED) is 0.0363. The average molecular weight is 779 g/mol. The van der Waals surface area contributed by atoms with Gasteiger partial charge in [-0.05, 0) is 25.3 Å². The first-order valence-corrected chi connectivity index (χ1v) is 21.6. The minimum atomic E-state index is -4.80. The number of hydrogen-bond donors (Lipinski definition) is 4. The van der Waals surface area contributed by atoms with Gasteiger partial charge in [0.25, 0.3) is 0 Å². The van der Waals surface area contributed by atoms with Gasteiger partial charge >= 0.3 is 13.6 Å². The summed E-state index contributed by atoms with van der Waals surface area (Å²) >= 11 is 6.29. The summed E-state index contributed by atoms with van der Waals surface area (Å²) in [6.07, 6.45) is 7.10. The van der Waals surface area contributed by atoms with Crippen LogP contribution in [0.1, 0.15) is 109 Å². The average Bonchev–Trinajstić information content (AvgIpc) is 3.57. The van der Waals surface area contributed by atoms with E-state index in [1.165, 1.54) is 49.3 Å². The minimum Gasteiger partial charge on any atom is -0.438 e. The molecule has 1 saturated carbocycles. The Balaban J connectivity index is 1.23. The van der Waals surface area contributed by atoms with Crippen LogP contribution in [-0.2, 0) is 33.2 Å². The third-order valence-electron chi connectivity index (χ3n) is 9.21. The van der Waals surface area contributed by atoms with Gasteiger partial charge in [0.2, 0.25) is 6.79 Å². The first kappa shape index (κ1) is 41.4. The summed E-state index contributed by atoms with van der Waals surface area (Å²) in [5.41, 5.74) is -0.853. The summed E-state index contributed by atoms with van der Waals surface area (Å²) in [4.78, 5) is 26.5. The van der Waals surface area contributed by atoms with Crippen molar-refractivity contribution in [2.75, 3.05) is 23.4 Å². The number of fused-ring (bicyclic) bond motifs is 1. The second kappa shape index (κ2) is 19.1. The molecule has 51 heavy (non-hydrogen) atoms. The number of sulfone groups is 1. The van der Waals surface area contributed by atoms with Crippen molar-refractivity contribution in [2.24, 2.45) is 0 Å². The molecule has 2 fully saturated rings. The Bertz CT molecular complexity index is 1670. The van der Waals surface area contributed by atoms with Crippen LogP contribution in [0.3, 0.4) is 0 Å². The molecule has 1 unspecified atom stereocenters. The highest BCUT2D eigenvalue weighted by Crippen LogP contribution is 2.44. The molecule has 18 heteroatoms. The first-order chi connectivity index (χ1) is 24.2. The van der Waals surface area contributed by atoms with E-state index in [9.17, 15) is 42.5 Å². The molecule has 2 aromatic rings. The number of ether oxygens (including phenoxy) is 2. The number of hydrogen-bond acceptors (Lipinski definition) is 12. The number of unbranched alkanes of at least 4 members (excludes halogenated alkanes) is 10. The van der Waals surface area contributed by atoms with Gasteiger partial charge < -0.3 is 34.5 Å². The molecule has 0 radical (unpaired) electrons. The van der Waals surface area contributed by atoms with E-state index in [2.05, 4.69) is 17.2 Å². The van der Waals surface area contributed by atoms with Crippen molar-refractivity contribution in [2.45, 2.75) is 134 Å². The van der Waals surface area contributed by atoms with Crippen LogP contribution in [0.5, 0.6) is 0 Å². The lowest BCUT2D eigenvalue weighted by molar-refractivity contribution is -0.150. The lowest BCUT2D eigenvalue weighted by Crippen LogP contribution is -2.36. The highest BCUT2D eigenvalue weighted by atomic mass is 35.5. The normalized spacial score (nSPS) is 24.6. The lowest BCUT2D eigenvalue weighted by Gasteiger charge is -2.31. The number of alkyl halides is 1. The molecular formula is C33H49ClFN4O10PS. The Morgan fingerprint density at radius 1 is 1.14 bits per heavy atom. The Morgan fingerprint density at radius 3 is 2.37 bits per heavy atom. The molecule has 2 aromatic heterocycles. The highest BCUT2D eigenvalue weighted by molar-refractivity contribution is 7.97. The molecule has 3 heterocycles. The van der Waals surface area contributed by atoms with Gasteiger partial charge in [0, 0.05) is 24.0 Å². The Kier molecular flexibility index (Phi) is 15.5. The number of carbonyl (C=O) groups excluding carboxylic acids is 1. The summed E-state index contributed by atoms with van der Waals surface area (Å²) in [7, 11) is -9.23. The van der Waals surface area contributed by atoms with Crippen molar-refractivity contribution in [1.29, 1.82) is 5.26 Å².